The molecule has 0 aliphatic rings. The molecule has 4 aromatic rings. The summed E-state index contributed by atoms with van der Waals surface area (Å²) in [6, 6.07) is 12.7. The Morgan fingerprint density at radius 2 is 1.30 bits per heavy atom. The van der Waals surface area contributed by atoms with Crippen LogP contribution >= 0.6 is 14.8 Å². The summed E-state index contributed by atoms with van der Waals surface area (Å²) in [5.74, 6) is -1.65. The van der Waals surface area contributed by atoms with Gasteiger partial charge in [-0.25, -0.2) is 13.0 Å². The average Bonchev–Trinajstić information content (AvgIpc) is 2.65. The highest BCUT2D eigenvalue weighted by Gasteiger charge is 2.33. The second kappa shape index (κ2) is 7.63. The minimum atomic E-state index is -4.99. The maximum absolute atomic E-state index is 13.7. The number of hydrogen-bond acceptors (Lipinski definition) is 2. The molecular weight excluding hydrogens is 491 g/mol. The zero-order valence-corrected chi connectivity index (χ0v) is 17.2. The molecule has 1 atom stereocenters. The Kier molecular flexibility index (Phi) is 5.27. The van der Waals surface area contributed by atoms with Crippen LogP contribution in [0.3, 0.4) is 0 Å². The summed E-state index contributed by atoms with van der Waals surface area (Å²) in [4.78, 5) is 0.165. The fraction of sp³-hybridized carbons (Fsp3) is 0.0476. The monoisotopic (exact) mass is 500 g/mol. The van der Waals surface area contributed by atoms with Crippen LogP contribution in [-0.4, -0.2) is 10.6 Å². The highest BCUT2D eigenvalue weighted by Crippen LogP contribution is 2.45. The van der Waals surface area contributed by atoms with E-state index >= 15 is 0 Å². The number of benzene rings is 4. The van der Waals surface area contributed by atoms with Gasteiger partial charge in [-0.3, -0.25) is 0 Å². The Labute approximate surface area is 176 Å². The summed E-state index contributed by atoms with van der Waals surface area (Å²) < 4.78 is 83.5. The van der Waals surface area contributed by atoms with Gasteiger partial charge in [0, 0.05) is 25.9 Å². The zero-order valence-electron chi connectivity index (χ0n) is 14.8. The van der Waals surface area contributed by atoms with E-state index in [1.165, 1.54) is 42.5 Å². The predicted octanol–water partition coefficient (Wildman–Crippen LogP) is 7.25. The second-order valence-electron chi connectivity index (χ2n) is 6.38. The molecule has 0 heterocycles. The van der Waals surface area contributed by atoms with E-state index in [2.05, 4.69) is 19.5 Å². The maximum atomic E-state index is 13.7. The summed E-state index contributed by atoms with van der Waals surface area (Å²) in [5.41, 5.74) is 0.143. The molecule has 0 bridgehead atoms. The Balaban J connectivity index is 2.19. The van der Waals surface area contributed by atoms with Crippen LogP contribution in [0.5, 0.6) is 5.75 Å². The molecule has 4 rings (SSSR count). The molecule has 0 aliphatic carbocycles. The summed E-state index contributed by atoms with van der Waals surface area (Å²) >= 11 is 2.97. The molecule has 0 amide bonds. The van der Waals surface area contributed by atoms with Gasteiger partial charge in [-0.1, -0.05) is 24.3 Å². The van der Waals surface area contributed by atoms with E-state index in [0.717, 1.165) is 18.2 Å². The van der Waals surface area contributed by atoms with Crippen molar-refractivity contribution >= 4 is 45.6 Å². The van der Waals surface area contributed by atoms with Crippen LogP contribution in [0.2, 0.25) is 0 Å². The van der Waals surface area contributed by atoms with E-state index in [-0.39, 0.29) is 21.4 Å². The number of alkyl halides is 3. The normalized spacial score (nSPS) is 13.0. The lowest BCUT2D eigenvalue weighted by Gasteiger charge is -2.19. The van der Waals surface area contributed by atoms with Crippen LogP contribution in [0.1, 0.15) is 0 Å². The van der Waals surface area contributed by atoms with Gasteiger partial charge in [-0.15, -0.1) is 13.2 Å². The van der Waals surface area contributed by atoms with Crippen LogP contribution in [-0.2, 0) is 9.23 Å². The maximum Gasteiger partial charge on any atom is 0.573 e. The lowest BCUT2D eigenvalue weighted by molar-refractivity contribution is -0.274. The van der Waals surface area contributed by atoms with Crippen LogP contribution < -0.4 is 4.74 Å². The van der Waals surface area contributed by atoms with Crippen molar-refractivity contribution in [3.05, 3.63) is 72.3 Å². The quantitative estimate of drug-likeness (QED) is 0.218. The Bertz CT molecular complexity index is 1320. The molecule has 9 heteroatoms. The van der Waals surface area contributed by atoms with E-state index in [0.29, 0.717) is 16.2 Å². The molecule has 0 aliphatic heterocycles. The second-order valence-corrected chi connectivity index (χ2v) is 9.03. The van der Waals surface area contributed by atoms with Gasteiger partial charge in [0.2, 0.25) is 0 Å². The van der Waals surface area contributed by atoms with Crippen molar-refractivity contribution in [1.82, 2.24) is 0 Å². The summed E-state index contributed by atoms with van der Waals surface area (Å²) in [6.07, 6.45) is -4.99. The van der Waals surface area contributed by atoms with Crippen molar-refractivity contribution in [2.45, 2.75) is 11.3 Å². The Morgan fingerprint density at radius 3 is 1.83 bits per heavy atom. The fourth-order valence-electron chi connectivity index (χ4n) is 3.42. The van der Waals surface area contributed by atoms with E-state index in [9.17, 15) is 26.2 Å². The molecule has 0 spiro atoms. The summed E-state index contributed by atoms with van der Waals surface area (Å²) in [5, 5.41) is 1.34. The van der Waals surface area contributed by atoms with Gasteiger partial charge >= 0.3 is 6.36 Å². The summed E-state index contributed by atoms with van der Waals surface area (Å²) in [7, 11) is -1.77. The van der Waals surface area contributed by atoms with Crippen molar-refractivity contribution in [1.29, 1.82) is 0 Å². The van der Waals surface area contributed by atoms with E-state index < -0.39 is 33.0 Å². The van der Waals surface area contributed by atoms with Crippen molar-refractivity contribution in [3.63, 3.8) is 0 Å². The van der Waals surface area contributed by atoms with E-state index in [1.54, 1.807) is 0 Å². The topological polar surface area (TPSA) is 26.3 Å². The zero-order chi connectivity index (χ0) is 21.6. The molecule has 0 fully saturated rings. The average molecular weight is 501 g/mol. The number of rotatable bonds is 3. The van der Waals surface area contributed by atoms with Gasteiger partial charge in [-0.05, 0) is 57.9 Å². The number of fused-ring (bicyclic) bond motifs is 2. The van der Waals surface area contributed by atoms with Gasteiger partial charge < -0.3 is 4.74 Å². The third-order valence-corrected chi connectivity index (χ3v) is 6.27. The summed E-state index contributed by atoms with van der Waals surface area (Å²) in [6.45, 7) is 0. The van der Waals surface area contributed by atoms with Crippen LogP contribution in [0.4, 0.5) is 22.0 Å². The first-order valence-electron chi connectivity index (χ1n) is 8.43. The molecule has 2 nitrogen and oxygen atoms in total. The number of halogens is 6. The standard InChI is InChI=1S/C21H10BrF5O2S/c22-30(28)18-8-2-12-10-14(24)4-6-16(12)20(18)19-15-5-3-13(23)9-11(15)1-7-17(19)29-21(25,26)27/h1-10H. The first kappa shape index (κ1) is 20.7. The largest absolute Gasteiger partial charge is 0.573 e. The van der Waals surface area contributed by atoms with Crippen molar-refractivity contribution in [3.8, 4) is 16.9 Å². The molecule has 4 aromatic carbocycles. The minimum absolute atomic E-state index is 0.0233. The molecule has 30 heavy (non-hydrogen) atoms. The number of ether oxygens (including phenoxy) is 1. The highest BCUT2D eigenvalue weighted by molar-refractivity contribution is 9.46. The van der Waals surface area contributed by atoms with Gasteiger partial charge in [-0.2, -0.15) is 0 Å². The molecule has 0 saturated heterocycles. The molecule has 0 saturated carbocycles. The molecule has 0 radical (unpaired) electrons. The smallest absolute Gasteiger partial charge is 0.405 e. The fourth-order valence-corrected chi connectivity index (χ4v) is 4.78. The van der Waals surface area contributed by atoms with Gasteiger partial charge in [0.15, 0.2) is 0 Å². The predicted molar refractivity (Wildman–Crippen MR) is 109 cm³/mol. The van der Waals surface area contributed by atoms with Crippen molar-refractivity contribution in [2.24, 2.45) is 0 Å². The van der Waals surface area contributed by atoms with Gasteiger partial charge in [0.25, 0.3) is 0 Å². The van der Waals surface area contributed by atoms with Gasteiger partial charge in [0.1, 0.15) is 26.6 Å². The van der Waals surface area contributed by atoms with Crippen molar-refractivity contribution < 1.29 is 30.9 Å². The first-order valence-corrected chi connectivity index (χ1v) is 11.4. The first-order chi connectivity index (χ1) is 14.1. The SMILES string of the molecule is O=S(Br)c1ccc2cc(F)ccc2c1-c1c(OC(F)(F)F)ccc2cc(F)ccc12. The van der Waals surface area contributed by atoms with Crippen LogP contribution in [0, 0.1) is 11.6 Å². The minimum Gasteiger partial charge on any atom is -0.405 e. The Morgan fingerprint density at radius 1 is 0.767 bits per heavy atom. The Hall–Kier alpha value is -2.52. The van der Waals surface area contributed by atoms with Crippen LogP contribution in [0.25, 0.3) is 32.7 Å². The molecular formula is C21H10BrF5O2S. The lowest BCUT2D eigenvalue weighted by Crippen LogP contribution is -2.17. The molecule has 0 N–H and O–H groups in total. The lowest BCUT2D eigenvalue weighted by atomic mass is 9.93. The van der Waals surface area contributed by atoms with E-state index in [4.69, 9.17) is 0 Å². The van der Waals surface area contributed by atoms with Crippen LogP contribution in [0.15, 0.2) is 65.6 Å². The van der Waals surface area contributed by atoms with Gasteiger partial charge in [0.05, 0.1) is 4.90 Å². The van der Waals surface area contributed by atoms with E-state index in [1.807, 2.05) is 0 Å². The number of hydrogen-bond donors (Lipinski definition) is 0. The molecule has 154 valence electrons. The molecule has 0 aromatic heterocycles. The van der Waals surface area contributed by atoms with Crippen molar-refractivity contribution in [2.75, 3.05) is 0 Å². The third-order valence-electron chi connectivity index (χ3n) is 4.54. The highest BCUT2D eigenvalue weighted by atomic mass is 79.9. The molecule has 1 unspecified atom stereocenters. The third kappa shape index (κ3) is 3.91.